The highest BCUT2D eigenvalue weighted by Gasteiger charge is 2.28. The van der Waals surface area contributed by atoms with Crippen LogP contribution in [0.1, 0.15) is 23.9 Å². The number of amides is 2. The van der Waals surface area contributed by atoms with Crippen molar-refractivity contribution in [3.05, 3.63) is 34.8 Å². The van der Waals surface area contributed by atoms with Gasteiger partial charge in [-0.1, -0.05) is 36.5 Å². The molecule has 26 heavy (non-hydrogen) atoms. The summed E-state index contributed by atoms with van der Waals surface area (Å²) in [5.74, 6) is -0.161. The van der Waals surface area contributed by atoms with Crippen molar-refractivity contribution in [2.24, 2.45) is 0 Å². The van der Waals surface area contributed by atoms with E-state index in [9.17, 15) is 13.2 Å². The number of hydrogen-bond donors (Lipinski definition) is 2. The van der Waals surface area contributed by atoms with E-state index in [4.69, 9.17) is 0 Å². The van der Waals surface area contributed by atoms with Gasteiger partial charge in [0.2, 0.25) is 15.2 Å². The second kappa shape index (κ2) is 8.00. The second-order valence-corrected chi connectivity index (χ2v) is 8.97. The Kier molecular flexibility index (Phi) is 5.72. The zero-order valence-electron chi connectivity index (χ0n) is 14.4. The van der Waals surface area contributed by atoms with Gasteiger partial charge >= 0.3 is 6.03 Å². The Labute approximate surface area is 156 Å². The third-order valence-electron chi connectivity index (χ3n) is 3.98. The van der Waals surface area contributed by atoms with Gasteiger partial charge in [-0.2, -0.15) is 0 Å². The fraction of sp³-hybridized carbons (Fsp3) is 0.438. The van der Waals surface area contributed by atoms with Gasteiger partial charge in [-0.05, 0) is 24.5 Å². The Bertz CT molecular complexity index is 882. The normalized spacial score (nSPS) is 13.5. The van der Waals surface area contributed by atoms with E-state index < -0.39 is 16.1 Å². The molecule has 2 heterocycles. The molecule has 1 aliphatic rings. The monoisotopic (exact) mass is 395 g/mol. The van der Waals surface area contributed by atoms with E-state index in [1.165, 1.54) is 15.6 Å². The molecule has 0 unspecified atom stereocenters. The van der Waals surface area contributed by atoms with Gasteiger partial charge in [-0.15, -0.1) is 10.2 Å². The van der Waals surface area contributed by atoms with Gasteiger partial charge in [-0.25, -0.2) is 13.2 Å². The number of rotatable bonds is 7. The van der Waals surface area contributed by atoms with Crippen molar-refractivity contribution in [2.45, 2.75) is 26.2 Å². The lowest BCUT2D eigenvalue weighted by Crippen LogP contribution is -2.38. The maximum Gasteiger partial charge on any atom is 0.321 e. The van der Waals surface area contributed by atoms with E-state index in [-0.39, 0.29) is 12.3 Å². The third-order valence-corrected chi connectivity index (χ3v) is 6.65. The topological polar surface area (TPSA) is 104 Å². The lowest BCUT2D eigenvalue weighted by Gasteiger charge is -2.19. The van der Waals surface area contributed by atoms with Crippen molar-refractivity contribution in [3.63, 3.8) is 0 Å². The maximum absolute atomic E-state index is 12.5. The summed E-state index contributed by atoms with van der Waals surface area (Å²) in [5, 5.41) is 14.3. The zero-order chi connectivity index (χ0) is 18.6. The summed E-state index contributed by atoms with van der Waals surface area (Å²) in [6, 6.07) is 6.99. The van der Waals surface area contributed by atoms with Gasteiger partial charge in [0.15, 0.2) is 0 Å². The average Bonchev–Trinajstić information content (AvgIpc) is 3.22. The van der Waals surface area contributed by atoms with Crippen LogP contribution in [0.4, 0.5) is 15.6 Å². The van der Waals surface area contributed by atoms with Crippen molar-refractivity contribution in [1.82, 2.24) is 15.5 Å². The Morgan fingerprint density at radius 3 is 2.92 bits per heavy atom. The van der Waals surface area contributed by atoms with Gasteiger partial charge in [-0.3, -0.25) is 9.62 Å². The SMILES string of the molecule is CCCc1nnc(NC(=O)NCCS(=O)(=O)N2CCc3ccccc32)s1. The fourth-order valence-corrected chi connectivity index (χ4v) is 5.03. The minimum atomic E-state index is -3.48. The second-order valence-electron chi connectivity index (χ2n) is 5.90. The number of aryl methyl sites for hydroxylation is 1. The molecular formula is C16H21N5O3S2. The van der Waals surface area contributed by atoms with E-state index >= 15 is 0 Å². The molecule has 3 rings (SSSR count). The molecule has 140 valence electrons. The highest BCUT2D eigenvalue weighted by molar-refractivity contribution is 7.92. The van der Waals surface area contributed by atoms with Crippen molar-refractivity contribution < 1.29 is 13.2 Å². The van der Waals surface area contributed by atoms with Crippen LogP contribution in [-0.2, 0) is 22.9 Å². The van der Waals surface area contributed by atoms with Crippen LogP contribution >= 0.6 is 11.3 Å². The minimum absolute atomic E-state index is 0.0213. The molecule has 2 aromatic rings. The average molecular weight is 396 g/mol. The molecule has 0 fully saturated rings. The van der Waals surface area contributed by atoms with Crippen LogP contribution in [0.2, 0.25) is 0 Å². The van der Waals surface area contributed by atoms with Crippen LogP contribution in [0.5, 0.6) is 0 Å². The van der Waals surface area contributed by atoms with Crippen LogP contribution in [-0.4, -0.2) is 43.5 Å². The van der Waals surface area contributed by atoms with Crippen molar-refractivity contribution in [2.75, 3.05) is 28.5 Å². The molecule has 1 aromatic carbocycles. The quantitative estimate of drug-likeness (QED) is 0.746. The van der Waals surface area contributed by atoms with Crippen molar-refractivity contribution >= 4 is 38.2 Å². The molecule has 1 aliphatic heterocycles. The molecule has 0 spiro atoms. The summed E-state index contributed by atoms with van der Waals surface area (Å²) < 4.78 is 26.5. The first-order valence-corrected chi connectivity index (χ1v) is 10.9. The molecular weight excluding hydrogens is 374 g/mol. The molecule has 0 aliphatic carbocycles. The smallest absolute Gasteiger partial charge is 0.321 e. The molecule has 0 saturated heterocycles. The van der Waals surface area contributed by atoms with E-state index in [2.05, 4.69) is 20.8 Å². The number of carbonyl (C=O) groups is 1. The number of nitrogens with zero attached hydrogens (tertiary/aromatic N) is 3. The first-order chi connectivity index (χ1) is 12.5. The summed E-state index contributed by atoms with van der Waals surface area (Å²) in [5.41, 5.74) is 1.76. The van der Waals surface area contributed by atoms with E-state index in [0.29, 0.717) is 18.1 Å². The zero-order valence-corrected chi connectivity index (χ0v) is 16.1. The van der Waals surface area contributed by atoms with E-state index in [1.54, 1.807) is 0 Å². The molecule has 2 N–H and O–H groups in total. The van der Waals surface area contributed by atoms with Gasteiger partial charge in [0.25, 0.3) is 0 Å². The molecule has 0 bridgehead atoms. The highest BCUT2D eigenvalue weighted by atomic mass is 32.2. The molecule has 1 aromatic heterocycles. The number of para-hydroxylation sites is 1. The number of nitrogens with one attached hydrogen (secondary N) is 2. The maximum atomic E-state index is 12.5. The number of hydrogen-bond acceptors (Lipinski definition) is 6. The Morgan fingerprint density at radius 2 is 2.12 bits per heavy atom. The summed E-state index contributed by atoms with van der Waals surface area (Å²) >= 11 is 1.32. The van der Waals surface area contributed by atoms with Gasteiger partial charge in [0.05, 0.1) is 11.4 Å². The van der Waals surface area contributed by atoms with Crippen molar-refractivity contribution in [1.29, 1.82) is 0 Å². The number of fused-ring (bicyclic) bond motifs is 1. The molecule has 0 radical (unpaired) electrons. The Morgan fingerprint density at radius 1 is 1.31 bits per heavy atom. The lowest BCUT2D eigenvalue weighted by molar-refractivity contribution is 0.252. The minimum Gasteiger partial charge on any atom is -0.337 e. The summed E-state index contributed by atoms with van der Waals surface area (Å²) in [4.78, 5) is 11.9. The van der Waals surface area contributed by atoms with Crippen LogP contribution in [0.15, 0.2) is 24.3 Å². The fourth-order valence-electron chi connectivity index (χ4n) is 2.76. The van der Waals surface area contributed by atoms with Crippen LogP contribution < -0.4 is 14.9 Å². The predicted molar refractivity (Wildman–Crippen MR) is 102 cm³/mol. The lowest BCUT2D eigenvalue weighted by atomic mass is 10.2. The number of urea groups is 1. The number of sulfonamides is 1. The first-order valence-electron chi connectivity index (χ1n) is 8.45. The van der Waals surface area contributed by atoms with E-state index in [1.807, 2.05) is 31.2 Å². The molecule has 0 atom stereocenters. The number of carbonyl (C=O) groups excluding carboxylic acids is 1. The number of benzene rings is 1. The van der Waals surface area contributed by atoms with E-state index in [0.717, 1.165) is 29.1 Å². The van der Waals surface area contributed by atoms with Crippen LogP contribution in [0, 0.1) is 0 Å². The molecule has 0 saturated carbocycles. The van der Waals surface area contributed by atoms with Crippen LogP contribution in [0.25, 0.3) is 0 Å². The predicted octanol–water partition coefficient (Wildman–Crippen LogP) is 2.00. The molecule has 10 heteroatoms. The third kappa shape index (κ3) is 4.31. The Hall–Kier alpha value is -2.20. The number of anilines is 2. The summed E-state index contributed by atoms with van der Waals surface area (Å²) in [6.07, 6.45) is 2.48. The van der Waals surface area contributed by atoms with Gasteiger partial charge in [0.1, 0.15) is 5.01 Å². The van der Waals surface area contributed by atoms with Gasteiger partial charge < -0.3 is 5.32 Å². The molecule has 8 nitrogen and oxygen atoms in total. The van der Waals surface area contributed by atoms with Crippen molar-refractivity contribution in [3.8, 4) is 0 Å². The van der Waals surface area contributed by atoms with Crippen LogP contribution in [0.3, 0.4) is 0 Å². The Balaban J connectivity index is 1.50. The summed E-state index contributed by atoms with van der Waals surface area (Å²) in [6.45, 7) is 2.51. The standard InChI is InChI=1S/C16H21N5O3S2/c1-2-5-14-19-20-16(25-14)18-15(22)17-9-11-26(23,24)21-10-8-12-6-3-4-7-13(12)21/h3-4,6-7H,2,5,8-11H2,1H3,(H2,17,18,20,22). The highest BCUT2D eigenvalue weighted by Crippen LogP contribution is 2.29. The van der Waals surface area contributed by atoms with Gasteiger partial charge in [0, 0.05) is 19.5 Å². The number of aromatic nitrogens is 2. The first kappa shape index (κ1) is 18.6. The largest absolute Gasteiger partial charge is 0.337 e. The summed E-state index contributed by atoms with van der Waals surface area (Å²) in [7, 11) is -3.48. The molecule has 2 amide bonds.